The minimum Gasteiger partial charge on any atom is -0.354 e. The fraction of sp³-hybridized carbons (Fsp3) is 0.217. The molecule has 1 heterocycles. The first-order chi connectivity index (χ1) is 15.3. The molecule has 0 spiro atoms. The molecule has 7 nitrogen and oxygen atoms in total. The molecular formula is C23H22ClN3O4S. The molecule has 1 saturated heterocycles. The second-order valence-electron chi connectivity index (χ2n) is 7.07. The van der Waals surface area contributed by atoms with Crippen molar-refractivity contribution < 1.29 is 19.2 Å². The van der Waals surface area contributed by atoms with Gasteiger partial charge in [0.25, 0.3) is 11.1 Å². The minimum absolute atomic E-state index is 0.0396. The Hall–Kier alpha value is -3.10. The number of hydrogen-bond donors (Lipinski definition) is 2. The Morgan fingerprint density at radius 3 is 2.47 bits per heavy atom. The summed E-state index contributed by atoms with van der Waals surface area (Å²) in [7, 11) is 0. The van der Waals surface area contributed by atoms with E-state index in [0.717, 1.165) is 22.2 Å². The Morgan fingerprint density at radius 2 is 1.78 bits per heavy atom. The predicted molar refractivity (Wildman–Crippen MR) is 125 cm³/mol. The maximum absolute atomic E-state index is 12.6. The van der Waals surface area contributed by atoms with E-state index in [1.165, 1.54) is 6.92 Å². The third-order valence-corrected chi connectivity index (χ3v) is 5.94. The molecule has 166 valence electrons. The summed E-state index contributed by atoms with van der Waals surface area (Å²) in [5.74, 6) is -0.962. The van der Waals surface area contributed by atoms with E-state index in [2.05, 4.69) is 10.6 Å². The van der Waals surface area contributed by atoms with E-state index in [-0.39, 0.29) is 36.2 Å². The first-order valence-corrected chi connectivity index (χ1v) is 11.1. The van der Waals surface area contributed by atoms with Crippen LogP contribution in [-0.4, -0.2) is 41.0 Å². The van der Waals surface area contributed by atoms with E-state index >= 15 is 0 Å². The average Bonchev–Trinajstić information content (AvgIpc) is 3.02. The normalized spacial score (nSPS) is 15.7. The molecule has 1 aliphatic rings. The van der Waals surface area contributed by atoms with Crippen molar-refractivity contribution in [3.05, 3.63) is 75.7 Å². The number of imide groups is 1. The van der Waals surface area contributed by atoms with Gasteiger partial charge in [-0.2, -0.15) is 0 Å². The first-order valence-electron chi connectivity index (χ1n) is 9.94. The van der Waals surface area contributed by atoms with Crippen molar-refractivity contribution in [3.8, 4) is 0 Å². The zero-order valence-electron chi connectivity index (χ0n) is 17.3. The van der Waals surface area contributed by atoms with Gasteiger partial charge in [0, 0.05) is 25.0 Å². The van der Waals surface area contributed by atoms with E-state index in [1.807, 2.05) is 30.3 Å². The van der Waals surface area contributed by atoms with Gasteiger partial charge in [-0.15, -0.1) is 0 Å². The highest BCUT2D eigenvalue weighted by Crippen LogP contribution is 2.33. The molecule has 1 atom stereocenters. The molecule has 4 amide bonds. The number of hydrogen-bond acceptors (Lipinski definition) is 5. The van der Waals surface area contributed by atoms with Gasteiger partial charge < -0.3 is 10.6 Å². The van der Waals surface area contributed by atoms with Crippen LogP contribution < -0.4 is 10.6 Å². The summed E-state index contributed by atoms with van der Waals surface area (Å²) < 4.78 is 0. The second-order valence-corrected chi connectivity index (χ2v) is 8.47. The van der Waals surface area contributed by atoms with Crippen molar-refractivity contribution in [2.75, 3.05) is 13.1 Å². The number of benzene rings is 2. The van der Waals surface area contributed by atoms with Gasteiger partial charge in [-0.05, 0) is 35.0 Å². The van der Waals surface area contributed by atoms with Gasteiger partial charge in [0.2, 0.25) is 11.8 Å². The van der Waals surface area contributed by atoms with Gasteiger partial charge >= 0.3 is 0 Å². The van der Waals surface area contributed by atoms with Crippen LogP contribution in [0.25, 0.3) is 6.08 Å². The van der Waals surface area contributed by atoms with Crippen LogP contribution in [0.5, 0.6) is 0 Å². The van der Waals surface area contributed by atoms with Gasteiger partial charge in [0.1, 0.15) is 0 Å². The largest absolute Gasteiger partial charge is 0.354 e. The summed E-state index contributed by atoms with van der Waals surface area (Å²) in [5, 5.41) is 5.56. The van der Waals surface area contributed by atoms with Crippen LogP contribution in [0.2, 0.25) is 5.02 Å². The van der Waals surface area contributed by atoms with Crippen LogP contribution in [-0.2, 0) is 14.4 Å². The van der Waals surface area contributed by atoms with Gasteiger partial charge in [-0.1, -0.05) is 60.1 Å². The summed E-state index contributed by atoms with van der Waals surface area (Å²) in [6, 6.07) is 15.7. The van der Waals surface area contributed by atoms with Crippen LogP contribution in [0.3, 0.4) is 0 Å². The summed E-state index contributed by atoms with van der Waals surface area (Å²) in [6.07, 6.45) is 1.63. The van der Waals surface area contributed by atoms with Crippen molar-refractivity contribution in [1.82, 2.24) is 15.5 Å². The highest BCUT2D eigenvalue weighted by atomic mass is 35.5. The van der Waals surface area contributed by atoms with Crippen LogP contribution in [0.1, 0.15) is 30.5 Å². The van der Waals surface area contributed by atoms with E-state index in [9.17, 15) is 19.2 Å². The van der Waals surface area contributed by atoms with E-state index < -0.39 is 17.2 Å². The molecule has 1 aliphatic heterocycles. The summed E-state index contributed by atoms with van der Waals surface area (Å²) >= 11 is 6.96. The number of rotatable bonds is 8. The molecule has 0 aliphatic carbocycles. The van der Waals surface area contributed by atoms with Crippen molar-refractivity contribution in [2.24, 2.45) is 0 Å². The number of nitrogens with one attached hydrogen (secondary N) is 2. The molecule has 2 N–H and O–H groups in total. The number of nitrogens with zero attached hydrogens (tertiary/aromatic N) is 1. The third kappa shape index (κ3) is 6.21. The Balaban J connectivity index is 1.55. The molecule has 2 aromatic carbocycles. The number of carbonyl (C=O) groups excluding carboxylic acids is 4. The number of amides is 4. The SMILES string of the molecule is CC(=O)NC(CC(=O)NCCN1C(=O)S/C(=C\c2ccccc2Cl)C1=O)c1ccccc1. The second kappa shape index (κ2) is 11.0. The minimum atomic E-state index is -0.468. The highest BCUT2D eigenvalue weighted by molar-refractivity contribution is 8.18. The summed E-state index contributed by atoms with van der Waals surface area (Å²) in [4.78, 5) is 50.2. The molecule has 9 heteroatoms. The van der Waals surface area contributed by atoms with Crippen LogP contribution >= 0.6 is 23.4 Å². The van der Waals surface area contributed by atoms with E-state index in [4.69, 9.17) is 11.6 Å². The van der Waals surface area contributed by atoms with E-state index in [0.29, 0.717) is 10.6 Å². The van der Waals surface area contributed by atoms with Gasteiger partial charge in [-0.3, -0.25) is 24.1 Å². The third-order valence-electron chi connectivity index (χ3n) is 4.69. The molecule has 0 radical (unpaired) electrons. The molecule has 2 aromatic rings. The fourth-order valence-corrected chi connectivity index (χ4v) is 4.22. The lowest BCUT2D eigenvalue weighted by Gasteiger charge is -2.18. The molecule has 3 rings (SSSR count). The molecule has 0 bridgehead atoms. The maximum atomic E-state index is 12.6. The van der Waals surface area contributed by atoms with Gasteiger partial charge in [0.05, 0.1) is 17.4 Å². The predicted octanol–water partition coefficient (Wildman–Crippen LogP) is 3.76. The van der Waals surface area contributed by atoms with Crippen LogP contribution in [0.15, 0.2) is 59.5 Å². The zero-order chi connectivity index (χ0) is 23.1. The Labute approximate surface area is 195 Å². The van der Waals surface area contributed by atoms with Crippen molar-refractivity contribution in [1.29, 1.82) is 0 Å². The van der Waals surface area contributed by atoms with Crippen molar-refractivity contribution in [2.45, 2.75) is 19.4 Å². The molecule has 1 unspecified atom stereocenters. The summed E-state index contributed by atoms with van der Waals surface area (Å²) in [5.41, 5.74) is 1.46. The highest BCUT2D eigenvalue weighted by Gasteiger charge is 2.34. The zero-order valence-corrected chi connectivity index (χ0v) is 18.9. The monoisotopic (exact) mass is 471 g/mol. The maximum Gasteiger partial charge on any atom is 0.293 e. The molecule has 0 aromatic heterocycles. The molecule has 32 heavy (non-hydrogen) atoms. The Bertz CT molecular complexity index is 1060. The molecule has 0 saturated carbocycles. The van der Waals surface area contributed by atoms with E-state index in [1.54, 1.807) is 30.3 Å². The molecular weight excluding hydrogens is 450 g/mol. The quantitative estimate of drug-likeness (QED) is 0.571. The smallest absolute Gasteiger partial charge is 0.293 e. The number of halogens is 1. The first kappa shape index (κ1) is 23.6. The van der Waals surface area contributed by atoms with Gasteiger partial charge in [0.15, 0.2) is 0 Å². The van der Waals surface area contributed by atoms with Crippen molar-refractivity contribution >= 4 is 52.4 Å². The Kier molecular flexibility index (Phi) is 8.08. The van der Waals surface area contributed by atoms with Crippen LogP contribution in [0, 0.1) is 0 Å². The summed E-state index contributed by atoms with van der Waals surface area (Å²) in [6.45, 7) is 1.55. The van der Waals surface area contributed by atoms with Crippen LogP contribution in [0.4, 0.5) is 4.79 Å². The topological polar surface area (TPSA) is 95.6 Å². The Morgan fingerprint density at radius 1 is 1.09 bits per heavy atom. The van der Waals surface area contributed by atoms with Gasteiger partial charge in [-0.25, -0.2) is 0 Å². The fourth-order valence-electron chi connectivity index (χ4n) is 3.17. The average molecular weight is 472 g/mol. The van der Waals surface area contributed by atoms with Crippen molar-refractivity contribution in [3.63, 3.8) is 0 Å². The number of carbonyl (C=O) groups is 4. The standard InChI is InChI=1S/C23H22ClN3O4S/c1-15(28)26-19(16-7-3-2-4-8-16)14-21(29)25-11-12-27-22(30)20(32-23(27)31)13-17-9-5-6-10-18(17)24/h2-10,13,19H,11-12,14H2,1H3,(H,25,29)(H,26,28)/b20-13-. The molecule has 1 fully saturated rings. The number of thioether (sulfide) groups is 1. The lowest BCUT2D eigenvalue weighted by atomic mass is 10.0. The lowest BCUT2D eigenvalue weighted by Crippen LogP contribution is -2.38. The lowest BCUT2D eigenvalue weighted by molar-refractivity contribution is -0.125.